The molecule has 4 N–H and O–H groups in total. The molecule has 1 aromatic carbocycles. The number of halogens is 3. The quantitative estimate of drug-likeness (QED) is 0.657. The van der Waals surface area contributed by atoms with Crippen LogP contribution < -0.4 is 11.5 Å². The smallest absolute Gasteiger partial charge is 0.405 e. The number of carbonyl (C=O) groups excluding carboxylic acids is 1. The summed E-state index contributed by atoms with van der Waals surface area (Å²) in [7, 11) is 0. The molecule has 0 spiro atoms. The third-order valence-electron chi connectivity index (χ3n) is 4.19. The molecule has 0 unspecified atom stereocenters. The van der Waals surface area contributed by atoms with Gasteiger partial charge < -0.3 is 16.4 Å². The summed E-state index contributed by atoms with van der Waals surface area (Å²) in [6.07, 6.45) is 0.393. The van der Waals surface area contributed by atoms with Crippen LogP contribution in [0.1, 0.15) is 29.9 Å². The van der Waals surface area contributed by atoms with Crippen LogP contribution in [0.2, 0.25) is 0 Å². The van der Waals surface area contributed by atoms with Crippen molar-refractivity contribution in [2.24, 2.45) is 11.5 Å². The van der Waals surface area contributed by atoms with E-state index in [4.69, 9.17) is 11.5 Å². The molecule has 130 valence electrons. The number of rotatable bonds is 3. The van der Waals surface area contributed by atoms with Gasteiger partial charge in [-0.1, -0.05) is 18.2 Å². The van der Waals surface area contributed by atoms with Crippen LogP contribution in [0, 0.1) is 0 Å². The van der Waals surface area contributed by atoms with Crippen molar-refractivity contribution in [3.05, 3.63) is 59.4 Å². The predicted molar refractivity (Wildman–Crippen MR) is 85.6 cm³/mol. The zero-order valence-electron chi connectivity index (χ0n) is 13.1. The molecule has 4 nitrogen and oxygen atoms in total. The number of amides is 1. The van der Waals surface area contributed by atoms with Crippen LogP contribution in [-0.4, -0.2) is 23.9 Å². The lowest BCUT2D eigenvalue weighted by Crippen LogP contribution is -2.39. The molecule has 1 saturated heterocycles. The first-order chi connectivity index (χ1) is 11.4. The predicted octanol–water partition coefficient (Wildman–Crippen LogP) is 2.73. The van der Waals surface area contributed by atoms with E-state index in [1.165, 1.54) is 30.6 Å². The van der Waals surface area contributed by atoms with Gasteiger partial charge in [-0.3, -0.25) is 4.79 Å². The Labute approximate surface area is 138 Å². The number of nitrogens with zero attached hydrogens (tertiary/aromatic N) is 1. The molecule has 7 heteroatoms. The topological polar surface area (TPSA) is 72.3 Å². The number of nitrogens with two attached hydrogens (primary N) is 2. The maximum atomic E-state index is 13.1. The molecule has 0 atom stereocenters. The van der Waals surface area contributed by atoms with Gasteiger partial charge in [0, 0.05) is 19.3 Å². The zero-order chi connectivity index (χ0) is 17.7. The lowest BCUT2D eigenvalue weighted by Gasteiger charge is -2.33. The number of alkyl halides is 3. The summed E-state index contributed by atoms with van der Waals surface area (Å²) in [6.45, 7) is 0.761. The number of benzene rings is 1. The fourth-order valence-corrected chi connectivity index (χ4v) is 2.99. The van der Waals surface area contributed by atoms with Gasteiger partial charge in [0.2, 0.25) is 0 Å². The van der Waals surface area contributed by atoms with Crippen LogP contribution in [0.5, 0.6) is 0 Å². The second kappa shape index (κ2) is 7.42. The average Bonchev–Trinajstić information content (AvgIpc) is 2.58. The van der Waals surface area contributed by atoms with Crippen molar-refractivity contribution in [1.82, 2.24) is 4.90 Å². The third-order valence-corrected chi connectivity index (χ3v) is 4.19. The van der Waals surface area contributed by atoms with Gasteiger partial charge >= 0.3 is 6.18 Å². The highest BCUT2D eigenvalue weighted by atomic mass is 19.4. The number of piperidine rings is 1. The van der Waals surface area contributed by atoms with E-state index in [1.54, 1.807) is 11.0 Å². The van der Waals surface area contributed by atoms with Crippen molar-refractivity contribution in [3.8, 4) is 0 Å². The molecular weight excluding hydrogens is 319 g/mol. The van der Waals surface area contributed by atoms with Gasteiger partial charge in [-0.25, -0.2) is 0 Å². The van der Waals surface area contributed by atoms with Crippen LogP contribution >= 0.6 is 0 Å². The van der Waals surface area contributed by atoms with Crippen LogP contribution in [0.4, 0.5) is 13.2 Å². The molecule has 1 aromatic rings. The van der Waals surface area contributed by atoms with Crippen molar-refractivity contribution in [2.75, 3.05) is 13.1 Å². The van der Waals surface area contributed by atoms with Crippen LogP contribution in [0.15, 0.2) is 48.3 Å². The van der Waals surface area contributed by atoms with E-state index in [0.29, 0.717) is 31.5 Å². The minimum absolute atomic E-state index is 0.220. The zero-order valence-corrected chi connectivity index (χ0v) is 13.1. The normalized spacial score (nSPS) is 17.5. The van der Waals surface area contributed by atoms with Crippen molar-refractivity contribution >= 4 is 5.91 Å². The summed E-state index contributed by atoms with van der Waals surface area (Å²) in [4.78, 5) is 13.9. The van der Waals surface area contributed by atoms with E-state index in [2.05, 4.69) is 0 Å². The second-order valence-corrected chi connectivity index (χ2v) is 5.63. The summed E-state index contributed by atoms with van der Waals surface area (Å²) >= 11 is 0. The van der Waals surface area contributed by atoms with Gasteiger partial charge in [0.15, 0.2) is 0 Å². The number of likely N-dealkylation sites (tertiary alicyclic amines) is 1. The molecule has 0 aliphatic carbocycles. The lowest BCUT2D eigenvalue weighted by atomic mass is 9.86. The van der Waals surface area contributed by atoms with Crippen molar-refractivity contribution in [3.63, 3.8) is 0 Å². The van der Waals surface area contributed by atoms with Gasteiger partial charge in [-0.15, -0.1) is 0 Å². The maximum absolute atomic E-state index is 13.1. The molecule has 1 fully saturated rings. The summed E-state index contributed by atoms with van der Waals surface area (Å²) in [5.74, 6) is -0.482. The maximum Gasteiger partial charge on any atom is 0.416 e. The Morgan fingerprint density at radius 1 is 1.17 bits per heavy atom. The largest absolute Gasteiger partial charge is 0.416 e. The number of hydrogen-bond acceptors (Lipinski definition) is 3. The van der Waals surface area contributed by atoms with Crippen molar-refractivity contribution < 1.29 is 18.0 Å². The molecule has 2 rings (SSSR count). The first-order valence-corrected chi connectivity index (χ1v) is 7.64. The SMILES string of the molecule is N/C=C\C(=C/N)C(=O)N1CCC(c2ccccc2C(F)(F)F)CC1. The van der Waals surface area contributed by atoms with E-state index in [0.717, 1.165) is 6.07 Å². The number of hydrogen-bond donors (Lipinski definition) is 2. The standard InChI is InChI=1S/C17H20F3N3O/c18-17(19,20)15-4-2-1-3-14(15)12-6-9-23(10-7-12)16(24)13(11-22)5-8-21/h1-5,8,11-12H,6-7,9-10,21-22H2/b8-5-,13-11+. The van der Waals surface area contributed by atoms with E-state index in [-0.39, 0.29) is 17.4 Å². The summed E-state index contributed by atoms with van der Waals surface area (Å²) in [6, 6.07) is 5.63. The van der Waals surface area contributed by atoms with E-state index >= 15 is 0 Å². The van der Waals surface area contributed by atoms with Crippen molar-refractivity contribution in [1.29, 1.82) is 0 Å². The molecule has 0 saturated carbocycles. The molecule has 0 bridgehead atoms. The highest BCUT2D eigenvalue weighted by Crippen LogP contribution is 2.38. The van der Waals surface area contributed by atoms with E-state index in [1.807, 2.05) is 0 Å². The highest BCUT2D eigenvalue weighted by molar-refractivity contribution is 5.96. The van der Waals surface area contributed by atoms with Crippen LogP contribution in [0.3, 0.4) is 0 Å². The highest BCUT2D eigenvalue weighted by Gasteiger charge is 2.36. The Bertz CT molecular complexity index is 645. The van der Waals surface area contributed by atoms with Crippen LogP contribution in [-0.2, 0) is 11.0 Å². The van der Waals surface area contributed by atoms with Gasteiger partial charge in [0.25, 0.3) is 5.91 Å². The Kier molecular flexibility index (Phi) is 5.54. The molecule has 1 aliphatic rings. The Hall–Kier alpha value is -2.44. The van der Waals surface area contributed by atoms with Gasteiger partial charge in [-0.05, 0) is 42.7 Å². The second-order valence-electron chi connectivity index (χ2n) is 5.63. The van der Waals surface area contributed by atoms with Gasteiger partial charge in [-0.2, -0.15) is 13.2 Å². The molecule has 1 aliphatic heterocycles. The lowest BCUT2D eigenvalue weighted by molar-refractivity contribution is -0.138. The fourth-order valence-electron chi connectivity index (χ4n) is 2.99. The molecular formula is C17H20F3N3O. The summed E-state index contributed by atoms with van der Waals surface area (Å²) in [5.41, 5.74) is 10.7. The minimum atomic E-state index is -4.37. The van der Waals surface area contributed by atoms with E-state index < -0.39 is 11.7 Å². The summed E-state index contributed by atoms with van der Waals surface area (Å²) < 4.78 is 39.4. The first kappa shape index (κ1) is 17.9. The van der Waals surface area contributed by atoms with Crippen molar-refractivity contribution in [2.45, 2.75) is 24.9 Å². The molecule has 1 heterocycles. The van der Waals surface area contributed by atoms with Crippen LogP contribution in [0.25, 0.3) is 0 Å². The first-order valence-electron chi connectivity index (χ1n) is 7.64. The fraction of sp³-hybridized carbons (Fsp3) is 0.353. The number of carbonyl (C=O) groups is 1. The van der Waals surface area contributed by atoms with Gasteiger partial charge in [0.05, 0.1) is 11.1 Å². The Morgan fingerprint density at radius 2 is 1.79 bits per heavy atom. The molecule has 1 amide bonds. The Balaban J connectivity index is 2.10. The van der Waals surface area contributed by atoms with Gasteiger partial charge in [0.1, 0.15) is 0 Å². The third kappa shape index (κ3) is 3.90. The molecule has 0 aromatic heterocycles. The van der Waals surface area contributed by atoms with E-state index in [9.17, 15) is 18.0 Å². The molecule has 0 radical (unpaired) electrons. The minimum Gasteiger partial charge on any atom is -0.405 e. The average molecular weight is 339 g/mol. The monoisotopic (exact) mass is 339 g/mol. The Morgan fingerprint density at radius 3 is 2.33 bits per heavy atom. The molecule has 24 heavy (non-hydrogen) atoms. The summed E-state index contributed by atoms with van der Waals surface area (Å²) in [5, 5.41) is 0.